The normalized spacial score (nSPS) is 22.9. The number of ether oxygens (including phenoxy) is 2. The number of benzene rings is 1. The van der Waals surface area contributed by atoms with Crippen LogP contribution >= 0.6 is 15.9 Å². The van der Waals surface area contributed by atoms with Crippen LogP contribution in [-0.2, 0) is 9.53 Å². The first-order chi connectivity index (χ1) is 9.24. The second-order valence-electron chi connectivity index (χ2n) is 4.60. The predicted molar refractivity (Wildman–Crippen MR) is 74.6 cm³/mol. The molecule has 102 valence electrons. The lowest BCUT2D eigenvalue weighted by atomic mass is 10.2. The van der Waals surface area contributed by atoms with E-state index in [0.717, 1.165) is 29.0 Å². The minimum atomic E-state index is -0.0280. The zero-order valence-electron chi connectivity index (χ0n) is 10.4. The molecular formula is C13H15BrN2O3. The van der Waals surface area contributed by atoms with Gasteiger partial charge in [0.15, 0.2) is 6.61 Å². The number of fused-ring (bicyclic) bond motifs is 1. The number of nitrogens with one attached hydrogen (secondary N) is 1. The van der Waals surface area contributed by atoms with E-state index in [-0.39, 0.29) is 18.6 Å². The quantitative estimate of drug-likeness (QED) is 0.886. The molecule has 3 rings (SSSR count). The zero-order valence-corrected chi connectivity index (χ0v) is 12.0. The molecule has 0 aliphatic carbocycles. The van der Waals surface area contributed by atoms with Crippen molar-refractivity contribution in [2.45, 2.75) is 6.10 Å². The van der Waals surface area contributed by atoms with Gasteiger partial charge in [-0.15, -0.1) is 0 Å². The second kappa shape index (κ2) is 5.48. The minimum Gasteiger partial charge on any atom is -0.482 e. The van der Waals surface area contributed by atoms with Crippen molar-refractivity contribution in [1.29, 1.82) is 0 Å². The number of amides is 1. The van der Waals surface area contributed by atoms with E-state index in [1.165, 1.54) is 0 Å². The number of hydrogen-bond donors (Lipinski definition) is 1. The number of hydrogen-bond acceptors (Lipinski definition) is 4. The van der Waals surface area contributed by atoms with Crippen LogP contribution in [0.15, 0.2) is 22.7 Å². The lowest BCUT2D eigenvalue weighted by Gasteiger charge is -2.33. The molecule has 2 aliphatic heterocycles. The number of carbonyl (C=O) groups is 1. The average Bonchev–Trinajstić information content (AvgIpc) is 2.43. The Labute approximate surface area is 120 Å². The Kier molecular flexibility index (Phi) is 3.72. The Bertz CT molecular complexity index is 489. The van der Waals surface area contributed by atoms with Gasteiger partial charge in [-0.2, -0.15) is 0 Å². The van der Waals surface area contributed by atoms with E-state index in [2.05, 4.69) is 21.2 Å². The van der Waals surface area contributed by atoms with Crippen molar-refractivity contribution in [3.05, 3.63) is 22.7 Å². The number of nitrogens with zero attached hydrogens (tertiary/aromatic N) is 1. The molecule has 0 bridgehead atoms. The molecule has 0 spiro atoms. The van der Waals surface area contributed by atoms with Gasteiger partial charge in [-0.1, -0.05) is 15.9 Å². The van der Waals surface area contributed by atoms with E-state index in [1.54, 1.807) is 4.90 Å². The Hall–Kier alpha value is -1.11. The van der Waals surface area contributed by atoms with Crippen molar-refractivity contribution in [3.63, 3.8) is 0 Å². The maximum atomic E-state index is 12.1. The van der Waals surface area contributed by atoms with Gasteiger partial charge in [-0.05, 0) is 18.2 Å². The van der Waals surface area contributed by atoms with E-state index < -0.39 is 0 Å². The molecule has 1 unspecified atom stereocenters. The van der Waals surface area contributed by atoms with Gasteiger partial charge >= 0.3 is 0 Å². The molecule has 2 heterocycles. The van der Waals surface area contributed by atoms with Crippen LogP contribution in [0.4, 0.5) is 5.69 Å². The molecule has 0 aromatic heterocycles. The standard InChI is InChI=1S/C13H15BrN2O3/c14-9-1-2-12-11(5-9)16(13(17)8-19-12)7-10-6-15-3-4-18-10/h1-2,5,10,15H,3-4,6-8H2. The van der Waals surface area contributed by atoms with Gasteiger partial charge in [0.25, 0.3) is 5.91 Å². The first-order valence-electron chi connectivity index (χ1n) is 6.29. The van der Waals surface area contributed by atoms with Crippen LogP contribution in [0.2, 0.25) is 0 Å². The molecule has 1 amide bonds. The highest BCUT2D eigenvalue weighted by atomic mass is 79.9. The monoisotopic (exact) mass is 326 g/mol. The SMILES string of the molecule is O=C1COc2ccc(Br)cc2N1CC1CNCCO1. The highest BCUT2D eigenvalue weighted by molar-refractivity contribution is 9.10. The van der Waals surface area contributed by atoms with Crippen LogP contribution in [-0.4, -0.2) is 44.9 Å². The lowest BCUT2D eigenvalue weighted by molar-refractivity contribution is -0.121. The fourth-order valence-corrected chi connectivity index (χ4v) is 2.67. The topological polar surface area (TPSA) is 50.8 Å². The van der Waals surface area contributed by atoms with Crippen LogP contribution in [0.5, 0.6) is 5.75 Å². The number of halogens is 1. The van der Waals surface area contributed by atoms with E-state index in [9.17, 15) is 4.79 Å². The fraction of sp³-hybridized carbons (Fsp3) is 0.462. The maximum absolute atomic E-state index is 12.1. The van der Waals surface area contributed by atoms with Crippen LogP contribution in [0.3, 0.4) is 0 Å². The summed E-state index contributed by atoms with van der Waals surface area (Å²) in [5, 5.41) is 3.27. The number of rotatable bonds is 2. The molecule has 1 saturated heterocycles. The van der Waals surface area contributed by atoms with Crippen molar-refractivity contribution < 1.29 is 14.3 Å². The van der Waals surface area contributed by atoms with Crippen molar-refractivity contribution in [2.24, 2.45) is 0 Å². The summed E-state index contributed by atoms with van der Waals surface area (Å²) in [6, 6.07) is 5.69. The average molecular weight is 327 g/mol. The van der Waals surface area contributed by atoms with E-state index in [0.29, 0.717) is 13.2 Å². The van der Waals surface area contributed by atoms with Gasteiger partial charge in [0.2, 0.25) is 0 Å². The highest BCUT2D eigenvalue weighted by Crippen LogP contribution is 2.34. The predicted octanol–water partition coefficient (Wildman–Crippen LogP) is 1.16. The van der Waals surface area contributed by atoms with Gasteiger partial charge < -0.3 is 19.7 Å². The van der Waals surface area contributed by atoms with Crippen molar-refractivity contribution in [1.82, 2.24) is 5.32 Å². The summed E-state index contributed by atoms with van der Waals surface area (Å²) in [7, 11) is 0. The van der Waals surface area contributed by atoms with E-state index in [4.69, 9.17) is 9.47 Å². The summed E-state index contributed by atoms with van der Waals surface area (Å²) < 4.78 is 12.0. The van der Waals surface area contributed by atoms with Gasteiger partial charge in [-0.3, -0.25) is 4.79 Å². The Morgan fingerprint density at radius 3 is 3.16 bits per heavy atom. The third-order valence-electron chi connectivity index (χ3n) is 3.25. The van der Waals surface area contributed by atoms with Crippen molar-refractivity contribution >= 4 is 27.5 Å². The Morgan fingerprint density at radius 2 is 2.37 bits per heavy atom. The van der Waals surface area contributed by atoms with Gasteiger partial charge in [-0.25, -0.2) is 0 Å². The van der Waals surface area contributed by atoms with E-state index in [1.807, 2.05) is 18.2 Å². The minimum absolute atomic E-state index is 0.0280. The molecule has 1 N–H and O–H groups in total. The van der Waals surface area contributed by atoms with Gasteiger partial charge in [0.1, 0.15) is 5.75 Å². The molecule has 2 aliphatic rings. The van der Waals surface area contributed by atoms with Crippen LogP contribution in [0, 0.1) is 0 Å². The molecule has 1 atom stereocenters. The fourth-order valence-electron chi connectivity index (χ4n) is 2.32. The summed E-state index contributed by atoms with van der Waals surface area (Å²) in [6.45, 7) is 2.98. The first-order valence-corrected chi connectivity index (χ1v) is 7.08. The largest absolute Gasteiger partial charge is 0.482 e. The second-order valence-corrected chi connectivity index (χ2v) is 5.52. The first kappa shape index (κ1) is 12.9. The van der Waals surface area contributed by atoms with Crippen LogP contribution < -0.4 is 15.0 Å². The summed E-state index contributed by atoms with van der Waals surface area (Å²) >= 11 is 3.43. The molecule has 0 radical (unpaired) electrons. The molecule has 5 nitrogen and oxygen atoms in total. The van der Waals surface area contributed by atoms with Gasteiger partial charge in [0.05, 0.1) is 24.9 Å². The molecule has 1 fully saturated rings. The summed E-state index contributed by atoms with van der Waals surface area (Å²) in [6.07, 6.45) is 0.0302. The third-order valence-corrected chi connectivity index (χ3v) is 3.75. The summed E-state index contributed by atoms with van der Waals surface area (Å²) in [5.74, 6) is 0.714. The number of anilines is 1. The van der Waals surface area contributed by atoms with Crippen LogP contribution in [0.25, 0.3) is 0 Å². The van der Waals surface area contributed by atoms with Crippen LogP contribution in [0.1, 0.15) is 0 Å². The molecule has 6 heteroatoms. The smallest absolute Gasteiger partial charge is 0.265 e. The van der Waals surface area contributed by atoms with E-state index >= 15 is 0 Å². The Balaban J connectivity index is 1.83. The van der Waals surface area contributed by atoms with Crippen molar-refractivity contribution in [3.8, 4) is 5.75 Å². The molecule has 19 heavy (non-hydrogen) atoms. The van der Waals surface area contributed by atoms with Gasteiger partial charge in [0, 0.05) is 17.6 Å². The Morgan fingerprint density at radius 1 is 1.47 bits per heavy atom. The molecule has 0 saturated carbocycles. The number of carbonyl (C=O) groups excluding carboxylic acids is 1. The molecule has 1 aromatic carbocycles. The third kappa shape index (κ3) is 2.75. The zero-order chi connectivity index (χ0) is 13.2. The molecular weight excluding hydrogens is 312 g/mol. The number of morpholine rings is 1. The maximum Gasteiger partial charge on any atom is 0.265 e. The molecule has 1 aromatic rings. The lowest BCUT2D eigenvalue weighted by Crippen LogP contribution is -2.49. The van der Waals surface area contributed by atoms with Crippen molar-refractivity contribution in [2.75, 3.05) is 37.7 Å². The summed E-state index contributed by atoms with van der Waals surface area (Å²) in [4.78, 5) is 13.8. The highest BCUT2D eigenvalue weighted by Gasteiger charge is 2.28. The summed E-state index contributed by atoms with van der Waals surface area (Å²) in [5.41, 5.74) is 0.805.